The van der Waals surface area contributed by atoms with Crippen molar-refractivity contribution in [1.29, 1.82) is 0 Å². The van der Waals surface area contributed by atoms with Crippen LogP contribution < -0.4 is 21.7 Å². The van der Waals surface area contributed by atoms with Gasteiger partial charge in [0.05, 0.1) is 13.1 Å². The topological polar surface area (TPSA) is 321 Å². The summed E-state index contributed by atoms with van der Waals surface area (Å²) in [7, 11) is 0. The van der Waals surface area contributed by atoms with Crippen LogP contribution in [0.3, 0.4) is 0 Å². The summed E-state index contributed by atoms with van der Waals surface area (Å²) in [5.41, 5.74) is 5.37. The minimum Gasteiger partial charge on any atom is -0.369 e. The number of nitrogens with two attached hydrogens (primary N) is 1. The van der Waals surface area contributed by atoms with Crippen LogP contribution in [0.5, 0.6) is 0 Å². The van der Waals surface area contributed by atoms with Crippen LogP contribution in [0.25, 0.3) is 0 Å². The summed E-state index contributed by atoms with van der Waals surface area (Å²) in [6.07, 6.45) is 2.63. The third kappa shape index (κ3) is 19.4. The molecule has 3 aliphatic heterocycles. The highest BCUT2D eigenvalue weighted by molar-refractivity contribution is 6.03. The molecule has 0 aliphatic carbocycles. The molecule has 0 unspecified atom stereocenters. The standard InChI is InChI=1S/C23H37N5O8.C13H14N2O8/c1-16(29)8-9-17(23(24)35)5-2-3-12-25-15-26-13-18(30)14-27-19(31)6-4-7-22(34)36-28-20(32)10-11-21(28)33;16-8-4-5-9(17)14(8)22-12(20)2-1-3-13(21)23-15-10(18)6-7-11(15)19/h17,25-26H,2-15H2,1H3,(H2,24,35)(H,27,31);1-7H2/t17-;/m1./s1. The number of ketones is 2. The Kier molecular flexibility index (Phi) is 21.8. The Bertz CT molecular complexity index is 1530. The van der Waals surface area contributed by atoms with Gasteiger partial charge in [-0.1, -0.05) is 6.42 Å². The van der Waals surface area contributed by atoms with Crippen molar-refractivity contribution in [2.75, 3.05) is 26.3 Å². The van der Waals surface area contributed by atoms with Crippen molar-refractivity contribution in [2.24, 2.45) is 11.7 Å². The van der Waals surface area contributed by atoms with E-state index in [2.05, 4.69) is 25.6 Å². The molecule has 3 saturated heterocycles. The number of nitrogens with one attached hydrogen (secondary N) is 3. The number of rotatable bonds is 26. The quantitative estimate of drug-likeness (QED) is 0.0442. The Hall–Kier alpha value is -5.97. The van der Waals surface area contributed by atoms with Crippen molar-refractivity contribution in [3.63, 3.8) is 0 Å². The van der Waals surface area contributed by atoms with Gasteiger partial charge in [0.25, 0.3) is 35.4 Å². The maximum absolute atomic E-state index is 11.9. The maximum atomic E-state index is 11.9. The number of primary amides is 1. The minimum absolute atomic E-state index is 0.00364. The molecule has 3 rings (SSSR count). The molecule has 0 saturated carbocycles. The van der Waals surface area contributed by atoms with Gasteiger partial charge < -0.3 is 35.7 Å². The van der Waals surface area contributed by atoms with Gasteiger partial charge in [-0.05, 0) is 45.6 Å². The summed E-state index contributed by atoms with van der Waals surface area (Å²) < 4.78 is 0. The zero-order valence-electron chi connectivity index (χ0n) is 32.9. The van der Waals surface area contributed by atoms with Gasteiger partial charge in [-0.25, -0.2) is 14.4 Å². The van der Waals surface area contributed by atoms with Crippen molar-refractivity contribution < 1.29 is 76.8 Å². The molecule has 0 bridgehead atoms. The predicted molar refractivity (Wildman–Crippen MR) is 195 cm³/mol. The molecule has 0 aromatic rings. The van der Waals surface area contributed by atoms with Crippen molar-refractivity contribution in [2.45, 2.75) is 116 Å². The molecule has 3 aliphatic rings. The first-order valence-electron chi connectivity index (χ1n) is 19.2. The van der Waals surface area contributed by atoms with E-state index in [1.807, 2.05) is 0 Å². The van der Waals surface area contributed by atoms with E-state index in [1.54, 1.807) is 0 Å². The van der Waals surface area contributed by atoms with E-state index in [0.717, 1.165) is 12.8 Å². The smallest absolute Gasteiger partial charge is 0.333 e. The van der Waals surface area contributed by atoms with E-state index >= 15 is 0 Å². The Morgan fingerprint density at radius 1 is 0.559 bits per heavy atom. The van der Waals surface area contributed by atoms with E-state index in [-0.39, 0.29) is 114 Å². The Morgan fingerprint density at radius 2 is 0.983 bits per heavy atom. The van der Waals surface area contributed by atoms with Crippen LogP contribution in [0.1, 0.15) is 116 Å². The molecule has 0 radical (unpaired) electrons. The number of nitrogens with zero attached hydrogens (tertiary/aromatic N) is 3. The predicted octanol–water partition coefficient (Wildman–Crippen LogP) is -1.40. The summed E-state index contributed by atoms with van der Waals surface area (Å²) in [5.74, 6) is -7.20. The lowest BCUT2D eigenvalue weighted by Crippen LogP contribution is -2.38. The molecule has 3 fully saturated rings. The van der Waals surface area contributed by atoms with Gasteiger partial charge in [-0.2, -0.15) is 0 Å². The van der Waals surface area contributed by atoms with Crippen molar-refractivity contribution in [3.8, 4) is 0 Å². The number of hydrogen-bond donors (Lipinski definition) is 4. The molecule has 0 aromatic heterocycles. The SMILES string of the molecule is CC(=O)CC[C@@H](CCCCNCNCC(=O)CNC(=O)CCCC(=O)ON1C(=O)CCC1=O)C(N)=O.O=C(CCCC(=O)ON1C(=O)CCC1=O)ON1C(=O)CCC1=O. The van der Waals surface area contributed by atoms with Gasteiger partial charge in [0.2, 0.25) is 11.8 Å². The van der Waals surface area contributed by atoms with Crippen LogP contribution in [0, 0.1) is 5.92 Å². The van der Waals surface area contributed by atoms with E-state index in [4.69, 9.17) is 10.6 Å². The molecule has 1 atom stereocenters. The Morgan fingerprint density at radius 3 is 1.39 bits per heavy atom. The number of amides is 8. The summed E-state index contributed by atoms with van der Waals surface area (Å²) in [5, 5.41) is 9.80. The maximum Gasteiger partial charge on any atom is 0.333 e. The van der Waals surface area contributed by atoms with Crippen molar-refractivity contribution in [3.05, 3.63) is 0 Å². The second-order valence-electron chi connectivity index (χ2n) is 13.6. The Balaban J connectivity index is 0.000000446. The second kappa shape index (κ2) is 26.1. The average molecular weight is 838 g/mol. The fourth-order valence-electron chi connectivity index (χ4n) is 5.36. The first kappa shape index (κ1) is 49.2. The normalized spacial score (nSPS) is 15.5. The third-order valence-corrected chi connectivity index (χ3v) is 8.60. The molecule has 8 amide bonds. The molecule has 59 heavy (non-hydrogen) atoms. The highest BCUT2D eigenvalue weighted by atomic mass is 16.7. The number of hydroxylamine groups is 6. The van der Waals surface area contributed by atoms with Gasteiger partial charge in [0.15, 0.2) is 5.78 Å². The van der Waals surface area contributed by atoms with Gasteiger partial charge in [-0.3, -0.25) is 48.5 Å². The molecule has 5 N–H and O–H groups in total. The molecule has 23 heteroatoms. The summed E-state index contributed by atoms with van der Waals surface area (Å²) in [4.78, 5) is 162. The average Bonchev–Trinajstić information content (AvgIpc) is 3.79. The third-order valence-electron chi connectivity index (χ3n) is 8.60. The van der Waals surface area contributed by atoms with Crippen LogP contribution in [0.4, 0.5) is 0 Å². The molecule has 326 valence electrons. The van der Waals surface area contributed by atoms with Crippen molar-refractivity contribution >= 4 is 76.7 Å². The van der Waals surface area contributed by atoms with Crippen LogP contribution in [-0.2, 0) is 76.8 Å². The van der Waals surface area contributed by atoms with Gasteiger partial charge in [-0.15, -0.1) is 15.2 Å². The molecular formula is C36H51N7O16. The number of Topliss-reactive ketones (excluding diaryl/α,β-unsaturated/α-hetero) is 2. The summed E-state index contributed by atoms with van der Waals surface area (Å²) in [6, 6.07) is 0. The lowest BCUT2D eigenvalue weighted by atomic mass is 9.95. The monoisotopic (exact) mass is 837 g/mol. The zero-order valence-corrected chi connectivity index (χ0v) is 32.9. The molecule has 0 spiro atoms. The molecule has 0 aromatic carbocycles. The molecular weight excluding hydrogens is 786 g/mol. The van der Waals surface area contributed by atoms with Gasteiger partial charge in [0, 0.05) is 83.2 Å². The second-order valence-corrected chi connectivity index (χ2v) is 13.6. The highest BCUT2D eigenvalue weighted by Crippen LogP contribution is 2.17. The molecule has 3 heterocycles. The van der Waals surface area contributed by atoms with E-state index in [1.165, 1.54) is 6.92 Å². The van der Waals surface area contributed by atoms with Crippen LogP contribution in [-0.4, -0.2) is 118 Å². The van der Waals surface area contributed by atoms with Gasteiger partial charge >= 0.3 is 17.9 Å². The highest BCUT2D eigenvalue weighted by Gasteiger charge is 2.35. The summed E-state index contributed by atoms with van der Waals surface area (Å²) in [6.45, 7) is 2.47. The Labute approximate surface area is 338 Å². The fraction of sp³-hybridized carbons (Fsp3) is 0.639. The van der Waals surface area contributed by atoms with E-state index in [0.29, 0.717) is 47.7 Å². The fourth-order valence-corrected chi connectivity index (χ4v) is 5.36. The van der Waals surface area contributed by atoms with Crippen LogP contribution in [0.15, 0.2) is 0 Å². The summed E-state index contributed by atoms with van der Waals surface area (Å²) >= 11 is 0. The lowest BCUT2D eigenvalue weighted by molar-refractivity contribution is -0.199. The van der Waals surface area contributed by atoms with Gasteiger partial charge in [0.1, 0.15) is 5.78 Å². The molecule has 23 nitrogen and oxygen atoms in total. The number of carbonyl (C=O) groups excluding carboxylic acids is 13. The zero-order chi connectivity index (χ0) is 43.9. The largest absolute Gasteiger partial charge is 0.369 e. The first-order valence-corrected chi connectivity index (χ1v) is 19.2. The number of carbonyl (C=O) groups is 13. The van der Waals surface area contributed by atoms with E-state index < -0.39 is 59.3 Å². The van der Waals surface area contributed by atoms with Crippen LogP contribution >= 0.6 is 0 Å². The number of unbranched alkanes of at least 4 members (excludes halogenated alkanes) is 1. The van der Waals surface area contributed by atoms with E-state index in [9.17, 15) is 62.3 Å². The lowest BCUT2D eigenvalue weighted by Gasteiger charge is -2.13. The van der Waals surface area contributed by atoms with Crippen LogP contribution in [0.2, 0.25) is 0 Å². The number of hydrogen-bond acceptors (Lipinski definition) is 18. The van der Waals surface area contributed by atoms with Crippen molar-refractivity contribution in [1.82, 2.24) is 31.1 Å². The minimum atomic E-state index is -0.838. The first-order chi connectivity index (χ1) is 28.0. The number of imide groups is 3.